The maximum atomic E-state index is 12.1. The van der Waals surface area contributed by atoms with Gasteiger partial charge in [0.15, 0.2) is 23.5 Å². The summed E-state index contributed by atoms with van der Waals surface area (Å²) < 4.78 is 4.87. The van der Waals surface area contributed by atoms with Crippen molar-refractivity contribution in [3.63, 3.8) is 0 Å². The molecule has 2 aromatic rings. The van der Waals surface area contributed by atoms with Gasteiger partial charge >= 0.3 is 0 Å². The molecule has 0 unspecified atom stereocenters. The van der Waals surface area contributed by atoms with E-state index in [1.165, 1.54) is 6.20 Å². The monoisotopic (exact) mass is 297 g/mol. The van der Waals surface area contributed by atoms with Crippen molar-refractivity contribution in [1.29, 1.82) is 5.26 Å². The fraction of sp³-hybridized carbons (Fsp3) is 0.188. The van der Waals surface area contributed by atoms with Crippen LogP contribution in [0.2, 0.25) is 0 Å². The van der Waals surface area contributed by atoms with E-state index in [4.69, 9.17) is 9.68 Å². The minimum absolute atomic E-state index is 0.0399. The van der Waals surface area contributed by atoms with Gasteiger partial charge in [-0.25, -0.2) is 4.98 Å². The molecule has 0 spiro atoms. The molecule has 0 radical (unpaired) electrons. The Labute approximate surface area is 127 Å². The van der Waals surface area contributed by atoms with Gasteiger partial charge in [0, 0.05) is 5.69 Å². The Kier molecular flexibility index (Phi) is 4.59. The van der Waals surface area contributed by atoms with E-state index < -0.39 is 17.2 Å². The number of aromatic nitrogens is 1. The molecule has 6 nitrogen and oxygen atoms in total. The van der Waals surface area contributed by atoms with Gasteiger partial charge in [0.25, 0.3) is 5.91 Å². The highest BCUT2D eigenvalue weighted by Crippen LogP contribution is 2.19. The van der Waals surface area contributed by atoms with Crippen molar-refractivity contribution in [3.05, 3.63) is 53.8 Å². The predicted octanol–water partition coefficient (Wildman–Crippen LogP) is 3.23. The van der Waals surface area contributed by atoms with Crippen molar-refractivity contribution in [1.82, 2.24) is 4.98 Å². The summed E-state index contributed by atoms with van der Waals surface area (Å²) in [5, 5.41) is 21.5. The van der Waals surface area contributed by atoms with E-state index in [-0.39, 0.29) is 5.76 Å². The van der Waals surface area contributed by atoms with E-state index in [1.54, 1.807) is 18.2 Å². The SMILES string of the molecule is CC(C)c1ccc(NC(=O)/C(C#N)=C(\O)c2cnco2)cc1. The second kappa shape index (κ2) is 6.59. The summed E-state index contributed by atoms with van der Waals surface area (Å²) in [4.78, 5) is 15.7. The number of hydrogen-bond donors (Lipinski definition) is 2. The molecule has 1 amide bonds. The Balaban J connectivity index is 2.20. The Hall–Kier alpha value is -3.07. The van der Waals surface area contributed by atoms with Crippen LogP contribution in [0, 0.1) is 11.3 Å². The summed E-state index contributed by atoms with van der Waals surface area (Å²) in [5.74, 6) is -0.915. The van der Waals surface area contributed by atoms with E-state index in [9.17, 15) is 9.90 Å². The molecule has 2 rings (SSSR count). The lowest BCUT2D eigenvalue weighted by Crippen LogP contribution is -2.15. The molecule has 0 saturated heterocycles. The number of oxazole rings is 1. The fourth-order valence-electron chi connectivity index (χ4n) is 1.81. The average molecular weight is 297 g/mol. The zero-order valence-electron chi connectivity index (χ0n) is 12.2. The smallest absolute Gasteiger partial charge is 0.270 e. The molecule has 0 atom stereocenters. The number of aliphatic hydroxyl groups is 1. The molecule has 0 bridgehead atoms. The first-order valence-corrected chi connectivity index (χ1v) is 6.66. The number of rotatable bonds is 4. The lowest BCUT2D eigenvalue weighted by molar-refractivity contribution is -0.112. The van der Waals surface area contributed by atoms with E-state index in [1.807, 2.05) is 12.1 Å². The summed E-state index contributed by atoms with van der Waals surface area (Å²) >= 11 is 0. The van der Waals surface area contributed by atoms with Crippen LogP contribution in [0.5, 0.6) is 0 Å². The maximum absolute atomic E-state index is 12.1. The van der Waals surface area contributed by atoms with Crippen molar-refractivity contribution in [2.45, 2.75) is 19.8 Å². The predicted molar refractivity (Wildman–Crippen MR) is 80.8 cm³/mol. The fourth-order valence-corrected chi connectivity index (χ4v) is 1.81. The van der Waals surface area contributed by atoms with Crippen LogP contribution in [0.25, 0.3) is 5.76 Å². The molecule has 22 heavy (non-hydrogen) atoms. The van der Waals surface area contributed by atoms with Crippen LogP contribution >= 0.6 is 0 Å². The van der Waals surface area contributed by atoms with Gasteiger partial charge in [0.05, 0.1) is 6.20 Å². The van der Waals surface area contributed by atoms with Crippen LogP contribution < -0.4 is 5.32 Å². The molecule has 112 valence electrons. The van der Waals surface area contributed by atoms with Crippen molar-refractivity contribution >= 4 is 17.4 Å². The Morgan fingerprint density at radius 2 is 2.05 bits per heavy atom. The molecule has 0 aliphatic heterocycles. The van der Waals surface area contributed by atoms with Crippen LogP contribution in [-0.4, -0.2) is 16.0 Å². The number of carbonyl (C=O) groups is 1. The standard InChI is InChI=1S/C16H15N3O3/c1-10(2)11-3-5-12(6-4-11)19-16(21)13(7-17)15(20)14-8-18-9-22-14/h3-6,8-10,20H,1-2H3,(H,19,21)/b15-13-. The van der Waals surface area contributed by atoms with Gasteiger partial charge in [-0.3, -0.25) is 4.79 Å². The molecule has 0 saturated carbocycles. The van der Waals surface area contributed by atoms with Crippen molar-refractivity contribution < 1.29 is 14.3 Å². The normalized spacial score (nSPS) is 11.7. The third-order valence-corrected chi connectivity index (χ3v) is 3.08. The summed E-state index contributed by atoms with van der Waals surface area (Å²) in [7, 11) is 0. The number of hydrogen-bond acceptors (Lipinski definition) is 5. The lowest BCUT2D eigenvalue weighted by Gasteiger charge is -2.08. The summed E-state index contributed by atoms with van der Waals surface area (Å²) in [5.41, 5.74) is 1.23. The quantitative estimate of drug-likeness (QED) is 0.512. The number of carbonyl (C=O) groups excluding carboxylic acids is 1. The molecule has 1 heterocycles. The highest BCUT2D eigenvalue weighted by Gasteiger charge is 2.18. The van der Waals surface area contributed by atoms with E-state index >= 15 is 0 Å². The van der Waals surface area contributed by atoms with Gasteiger partial charge in [-0.15, -0.1) is 0 Å². The zero-order chi connectivity index (χ0) is 16.1. The lowest BCUT2D eigenvalue weighted by atomic mass is 10.0. The first-order valence-electron chi connectivity index (χ1n) is 6.66. The Bertz CT molecular complexity index is 723. The molecular weight excluding hydrogens is 282 g/mol. The van der Waals surface area contributed by atoms with E-state index in [0.717, 1.165) is 12.0 Å². The number of anilines is 1. The van der Waals surface area contributed by atoms with Gasteiger partial charge in [-0.05, 0) is 23.6 Å². The van der Waals surface area contributed by atoms with Crippen LogP contribution in [0.1, 0.15) is 31.1 Å². The number of nitrogens with one attached hydrogen (secondary N) is 1. The van der Waals surface area contributed by atoms with Crippen LogP contribution in [0.4, 0.5) is 5.69 Å². The third-order valence-electron chi connectivity index (χ3n) is 3.08. The first kappa shape index (κ1) is 15.3. The number of nitrogens with zero attached hydrogens (tertiary/aromatic N) is 2. The average Bonchev–Trinajstić information content (AvgIpc) is 3.02. The maximum Gasteiger partial charge on any atom is 0.270 e. The molecule has 0 fully saturated rings. The molecule has 1 aromatic carbocycles. The highest BCUT2D eigenvalue weighted by atomic mass is 16.4. The summed E-state index contributed by atoms with van der Waals surface area (Å²) in [6, 6.07) is 8.95. The molecule has 2 N–H and O–H groups in total. The summed E-state index contributed by atoms with van der Waals surface area (Å²) in [6.07, 6.45) is 2.32. The number of aliphatic hydroxyl groups excluding tert-OH is 1. The number of amides is 1. The van der Waals surface area contributed by atoms with E-state index in [2.05, 4.69) is 24.1 Å². The van der Waals surface area contributed by atoms with Crippen molar-refractivity contribution in [2.24, 2.45) is 0 Å². The van der Waals surface area contributed by atoms with Gasteiger partial charge in [-0.1, -0.05) is 26.0 Å². The minimum Gasteiger partial charge on any atom is -0.503 e. The topological polar surface area (TPSA) is 99.2 Å². The van der Waals surface area contributed by atoms with Gasteiger partial charge in [0.1, 0.15) is 6.07 Å². The third kappa shape index (κ3) is 3.33. The van der Waals surface area contributed by atoms with Crippen LogP contribution in [0.15, 0.2) is 46.8 Å². The van der Waals surface area contributed by atoms with Gasteiger partial charge in [0.2, 0.25) is 0 Å². The van der Waals surface area contributed by atoms with Crippen molar-refractivity contribution in [3.8, 4) is 6.07 Å². The molecular formula is C16H15N3O3. The summed E-state index contributed by atoms with van der Waals surface area (Å²) in [6.45, 7) is 4.14. The molecule has 6 heteroatoms. The largest absolute Gasteiger partial charge is 0.503 e. The van der Waals surface area contributed by atoms with Crippen LogP contribution in [-0.2, 0) is 4.79 Å². The van der Waals surface area contributed by atoms with Crippen LogP contribution in [0.3, 0.4) is 0 Å². The van der Waals surface area contributed by atoms with E-state index in [0.29, 0.717) is 11.6 Å². The molecule has 0 aliphatic carbocycles. The second-order valence-corrected chi connectivity index (χ2v) is 4.93. The van der Waals surface area contributed by atoms with Gasteiger partial charge in [-0.2, -0.15) is 5.26 Å². The Morgan fingerprint density at radius 3 is 2.55 bits per heavy atom. The number of nitriles is 1. The molecule has 0 aliphatic rings. The first-order chi connectivity index (χ1) is 10.5. The second-order valence-electron chi connectivity index (χ2n) is 4.93. The Morgan fingerprint density at radius 1 is 1.36 bits per heavy atom. The zero-order valence-corrected chi connectivity index (χ0v) is 12.2. The molecule has 1 aromatic heterocycles. The highest BCUT2D eigenvalue weighted by molar-refractivity contribution is 6.10. The van der Waals surface area contributed by atoms with Crippen molar-refractivity contribution in [2.75, 3.05) is 5.32 Å². The van der Waals surface area contributed by atoms with Gasteiger partial charge < -0.3 is 14.8 Å². The number of benzene rings is 1. The minimum atomic E-state index is -0.714.